The zero-order valence-corrected chi connectivity index (χ0v) is 18.0. The second-order valence-corrected chi connectivity index (χ2v) is 6.55. The van der Waals surface area contributed by atoms with Gasteiger partial charge < -0.3 is 25.4 Å². The van der Waals surface area contributed by atoms with E-state index in [2.05, 4.69) is 15.6 Å². The summed E-state index contributed by atoms with van der Waals surface area (Å²) in [5, 5.41) is 15.9. The first kappa shape index (κ1) is 23.3. The Morgan fingerprint density at radius 2 is 2.00 bits per heavy atom. The summed E-state index contributed by atoms with van der Waals surface area (Å²) in [6, 6.07) is 5.03. The summed E-state index contributed by atoms with van der Waals surface area (Å²) < 4.78 is 5.16. The molecule has 7 nitrogen and oxygen atoms in total. The van der Waals surface area contributed by atoms with Crippen molar-refractivity contribution in [2.75, 3.05) is 27.7 Å². The molecule has 142 valence electrons. The highest BCUT2D eigenvalue weighted by Crippen LogP contribution is 2.22. The van der Waals surface area contributed by atoms with Crippen LogP contribution in [-0.2, 0) is 11.3 Å². The minimum atomic E-state index is -0.277. The first-order valence-electron chi connectivity index (χ1n) is 7.75. The third-order valence-electron chi connectivity index (χ3n) is 3.19. The average molecular weight is 464 g/mol. The minimum absolute atomic E-state index is 0. The number of benzene rings is 1. The number of phenols is 1. The third-order valence-corrected chi connectivity index (χ3v) is 3.19. The Morgan fingerprint density at radius 3 is 2.52 bits per heavy atom. The SMILES string of the molecule is CN=C(NCc1cc(OC)ccc1O)N(C)CC(=O)NC(C)(C)C.I. The van der Waals surface area contributed by atoms with Crippen molar-refractivity contribution >= 4 is 35.8 Å². The number of guanidine groups is 1. The van der Waals surface area contributed by atoms with Crippen LogP contribution in [0.5, 0.6) is 11.5 Å². The van der Waals surface area contributed by atoms with E-state index in [9.17, 15) is 9.90 Å². The Bertz CT molecular complexity index is 600. The molecular weight excluding hydrogens is 435 g/mol. The number of ether oxygens (including phenoxy) is 1. The first-order chi connectivity index (χ1) is 11.2. The molecule has 1 amide bonds. The molecule has 1 rings (SSSR count). The molecule has 0 saturated carbocycles. The van der Waals surface area contributed by atoms with Crippen molar-refractivity contribution in [3.05, 3.63) is 23.8 Å². The largest absolute Gasteiger partial charge is 0.508 e. The summed E-state index contributed by atoms with van der Waals surface area (Å²) in [7, 11) is 5.00. The zero-order chi connectivity index (χ0) is 18.3. The van der Waals surface area contributed by atoms with Crippen LogP contribution in [-0.4, -0.2) is 55.2 Å². The first-order valence-corrected chi connectivity index (χ1v) is 7.75. The Morgan fingerprint density at radius 1 is 1.36 bits per heavy atom. The maximum absolute atomic E-state index is 12.0. The van der Waals surface area contributed by atoms with E-state index >= 15 is 0 Å². The van der Waals surface area contributed by atoms with Crippen molar-refractivity contribution in [1.29, 1.82) is 0 Å². The molecule has 0 bridgehead atoms. The number of hydrogen-bond acceptors (Lipinski definition) is 4. The number of carbonyl (C=O) groups is 1. The van der Waals surface area contributed by atoms with Crippen LogP contribution in [0.2, 0.25) is 0 Å². The van der Waals surface area contributed by atoms with E-state index < -0.39 is 0 Å². The van der Waals surface area contributed by atoms with Crippen LogP contribution in [0.4, 0.5) is 0 Å². The number of phenolic OH excluding ortho intramolecular Hbond substituents is 1. The highest BCUT2D eigenvalue weighted by atomic mass is 127. The van der Waals surface area contributed by atoms with E-state index in [4.69, 9.17) is 4.74 Å². The van der Waals surface area contributed by atoms with Gasteiger partial charge in [-0.2, -0.15) is 0 Å². The molecule has 0 aliphatic heterocycles. The molecule has 8 heteroatoms. The van der Waals surface area contributed by atoms with Gasteiger partial charge in [0, 0.05) is 31.7 Å². The van der Waals surface area contributed by atoms with E-state index in [1.807, 2.05) is 20.8 Å². The van der Waals surface area contributed by atoms with E-state index in [0.717, 1.165) is 0 Å². The summed E-state index contributed by atoms with van der Waals surface area (Å²) in [5.41, 5.74) is 0.407. The predicted octanol–water partition coefficient (Wildman–Crippen LogP) is 1.94. The quantitative estimate of drug-likeness (QED) is 0.353. The topological polar surface area (TPSA) is 86.2 Å². The van der Waals surface area contributed by atoms with Gasteiger partial charge in [-0.25, -0.2) is 0 Å². The van der Waals surface area contributed by atoms with E-state index in [0.29, 0.717) is 23.8 Å². The van der Waals surface area contributed by atoms with E-state index in [1.165, 1.54) is 0 Å². The van der Waals surface area contributed by atoms with Gasteiger partial charge in [-0.15, -0.1) is 24.0 Å². The Hall–Kier alpha value is -1.71. The number of nitrogens with zero attached hydrogens (tertiary/aromatic N) is 2. The molecule has 0 atom stereocenters. The number of methoxy groups -OCH3 is 1. The summed E-state index contributed by atoms with van der Waals surface area (Å²) in [4.78, 5) is 17.9. The minimum Gasteiger partial charge on any atom is -0.508 e. The molecule has 0 heterocycles. The second kappa shape index (κ2) is 10.3. The van der Waals surface area contributed by atoms with Crippen molar-refractivity contribution in [2.24, 2.45) is 4.99 Å². The number of nitrogens with one attached hydrogen (secondary N) is 2. The van der Waals surface area contributed by atoms with Gasteiger partial charge in [0.1, 0.15) is 11.5 Å². The molecule has 0 aromatic heterocycles. The summed E-state index contributed by atoms with van der Waals surface area (Å²) >= 11 is 0. The van der Waals surface area contributed by atoms with E-state index in [1.54, 1.807) is 44.3 Å². The van der Waals surface area contributed by atoms with Crippen LogP contribution in [0, 0.1) is 0 Å². The lowest BCUT2D eigenvalue weighted by Crippen LogP contribution is -2.48. The fourth-order valence-electron chi connectivity index (χ4n) is 2.14. The highest BCUT2D eigenvalue weighted by Gasteiger charge is 2.17. The number of carbonyl (C=O) groups excluding carboxylic acids is 1. The van der Waals surface area contributed by atoms with Crippen molar-refractivity contribution in [2.45, 2.75) is 32.9 Å². The maximum Gasteiger partial charge on any atom is 0.240 e. The molecule has 0 spiro atoms. The maximum atomic E-state index is 12.0. The summed E-state index contributed by atoms with van der Waals surface area (Å²) in [6.07, 6.45) is 0. The summed E-state index contributed by atoms with van der Waals surface area (Å²) in [5.74, 6) is 1.31. The van der Waals surface area contributed by atoms with Gasteiger partial charge in [-0.1, -0.05) is 0 Å². The van der Waals surface area contributed by atoms with Gasteiger partial charge in [0.25, 0.3) is 0 Å². The second-order valence-electron chi connectivity index (χ2n) is 6.55. The van der Waals surface area contributed by atoms with Crippen LogP contribution < -0.4 is 15.4 Å². The normalized spacial score (nSPS) is 11.4. The van der Waals surface area contributed by atoms with Crippen LogP contribution in [0.3, 0.4) is 0 Å². The molecule has 3 N–H and O–H groups in total. The Labute approximate surface area is 166 Å². The molecule has 0 aliphatic rings. The van der Waals surface area contributed by atoms with Gasteiger partial charge in [0.2, 0.25) is 5.91 Å². The lowest BCUT2D eigenvalue weighted by atomic mass is 10.1. The molecule has 25 heavy (non-hydrogen) atoms. The number of aromatic hydroxyl groups is 1. The van der Waals surface area contributed by atoms with Crippen molar-refractivity contribution in [3.63, 3.8) is 0 Å². The molecule has 0 saturated heterocycles. The van der Waals surface area contributed by atoms with Crippen molar-refractivity contribution in [3.8, 4) is 11.5 Å². The molecule has 1 aromatic carbocycles. The highest BCUT2D eigenvalue weighted by molar-refractivity contribution is 14.0. The molecule has 1 aromatic rings. The molecule has 0 unspecified atom stereocenters. The van der Waals surface area contributed by atoms with Crippen LogP contribution in [0.15, 0.2) is 23.2 Å². The molecule has 0 fully saturated rings. The van der Waals surface area contributed by atoms with Gasteiger partial charge in [-0.3, -0.25) is 9.79 Å². The van der Waals surface area contributed by atoms with Gasteiger partial charge in [0.15, 0.2) is 5.96 Å². The number of rotatable bonds is 5. The van der Waals surface area contributed by atoms with Gasteiger partial charge >= 0.3 is 0 Å². The van der Waals surface area contributed by atoms with Crippen molar-refractivity contribution < 1.29 is 14.6 Å². The lowest BCUT2D eigenvalue weighted by Gasteiger charge is -2.25. The number of halogens is 1. The monoisotopic (exact) mass is 464 g/mol. The summed E-state index contributed by atoms with van der Waals surface area (Å²) in [6.45, 7) is 6.35. The van der Waals surface area contributed by atoms with Crippen LogP contribution >= 0.6 is 24.0 Å². The Balaban J connectivity index is 0.00000576. The number of hydrogen-bond donors (Lipinski definition) is 3. The fraction of sp³-hybridized carbons (Fsp3) is 0.529. The molecular formula is C17H29IN4O3. The van der Waals surface area contributed by atoms with Gasteiger partial charge in [-0.05, 0) is 39.0 Å². The third kappa shape index (κ3) is 8.28. The molecule has 0 radical (unpaired) electrons. The predicted molar refractivity (Wildman–Crippen MR) is 111 cm³/mol. The molecule has 0 aliphatic carbocycles. The number of likely N-dealkylation sites (N-methyl/N-ethyl adjacent to an activating group) is 1. The fourth-order valence-corrected chi connectivity index (χ4v) is 2.14. The van der Waals surface area contributed by atoms with Crippen LogP contribution in [0.1, 0.15) is 26.3 Å². The van der Waals surface area contributed by atoms with Crippen LogP contribution in [0.25, 0.3) is 0 Å². The average Bonchev–Trinajstić information content (AvgIpc) is 2.47. The number of amides is 1. The van der Waals surface area contributed by atoms with Crippen molar-refractivity contribution in [1.82, 2.24) is 15.5 Å². The zero-order valence-electron chi connectivity index (χ0n) is 15.7. The number of aliphatic imine (C=N–C) groups is 1. The van der Waals surface area contributed by atoms with E-state index in [-0.39, 0.29) is 47.7 Å². The Kier molecular flexibility index (Phi) is 9.61. The lowest BCUT2D eigenvalue weighted by molar-refractivity contribution is -0.122. The smallest absolute Gasteiger partial charge is 0.240 e. The van der Waals surface area contributed by atoms with Gasteiger partial charge in [0.05, 0.1) is 13.7 Å². The standard InChI is InChI=1S/C17H28N4O3.HI/c1-17(2,3)20-15(23)11-21(5)16(18-4)19-10-12-9-13(24-6)7-8-14(12)22;/h7-9,22H,10-11H2,1-6H3,(H,18,19)(H,20,23);1H.